The number of halogens is 3. The quantitative estimate of drug-likeness (QED) is 0.323. The topological polar surface area (TPSA) is 99.1 Å². The van der Waals surface area contributed by atoms with Crippen LogP contribution < -0.4 is 0 Å². The molecular weight excluding hydrogens is 678 g/mol. The standard InChI is InChI=1S/C34H47F3N6O4S2/c1-49(46,47)41-21-13-29-27(23-41)33(38-43(29)18-7-14-39-19-11-26(12-20-39)42-17-6-8-31(42)44)25-9-10-28(34(35,36)37)30(22-25)48-24-32(45)40-15-4-2-3-5-16-40/h9-10,22,26H,2-8,11-21,23-24H2,1H3. The lowest BCUT2D eigenvalue weighted by molar-refractivity contribution is -0.139. The molecule has 3 saturated heterocycles. The average Bonchev–Trinajstić information content (AvgIpc) is 3.54. The minimum absolute atomic E-state index is 0.0358. The van der Waals surface area contributed by atoms with Gasteiger partial charge in [-0.15, -0.1) is 11.8 Å². The van der Waals surface area contributed by atoms with E-state index in [0.29, 0.717) is 61.9 Å². The van der Waals surface area contributed by atoms with E-state index in [1.807, 2.05) is 9.58 Å². The number of likely N-dealkylation sites (tertiary alicyclic amines) is 3. The zero-order chi connectivity index (χ0) is 34.8. The van der Waals surface area contributed by atoms with Gasteiger partial charge in [-0.3, -0.25) is 14.3 Å². The number of rotatable bonds is 10. The van der Waals surface area contributed by atoms with Gasteiger partial charge in [-0.2, -0.15) is 22.6 Å². The van der Waals surface area contributed by atoms with Gasteiger partial charge in [0, 0.05) is 93.0 Å². The Morgan fingerprint density at radius 2 is 1.69 bits per heavy atom. The molecule has 0 aliphatic carbocycles. The van der Waals surface area contributed by atoms with Crippen LogP contribution in [0.4, 0.5) is 13.2 Å². The van der Waals surface area contributed by atoms with Crippen molar-refractivity contribution in [2.45, 2.75) is 94.4 Å². The summed E-state index contributed by atoms with van der Waals surface area (Å²) < 4.78 is 70.9. The fraction of sp³-hybridized carbons (Fsp3) is 0.676. The van der Waals surface area contributed by atoms with Gasteiger partial charge >= 0.3 is 6.18 Å². The molecular formula is C34H47F3N6O4S2. The number of amides is 2. The molecule has 10 nitrogen and oxygen atoms in total. The Bertz CT molecular complexity index is 1620. The van der Waals surface area contributed by atoms with E-state index >= 15 is 0 Å². The van der Waals surface area contributed by atoms with Gasteiger partial charge in [0.15, 0.2) is 0 Å². The molecule has 0 atom stereocenters. The first-order valence-electron chi connectivity index (χ1n) is 17.6. The van der Waals surface area contributed by atoms with Crippen molar-refractivity contribution >= 4 is 33.6 Å². The van der Waals surface area contributed by atoms with Crippen LogP contribution in [0.1, 0.15) is 74.6 Å². The van der Waals surface area contributed by atoms with Gasteiger partial charge < -0.3 is 14.7 Å². The van der Waals surface area contributed by atoms with Crippen molar-refractivity contribution < 1.29 is 31.2 Å². The molecule has 0 unspecified atom stereocenters. The number of fused-ring (bicyclic) bond motifs is 1. The third-order valence-corrected chi connectivity index (χ3v) is 12.7. The molecule has 270 valence electrons. The molecule has 4 aliphatic heterocycles. The second kappa shape index (κ2) is 15.3. The summed E-state index contributed by atoms with van der Waals surface area (Å²) in [4.78, 5) is 31.4. The number of benzene rings is 1. The summed E-state index contributed by atoms with van der Waals surface area (Å²) in [7, 11) is -3.50. The molecule has 1 aromatic heterocycles. The minimum atomic E-state index is -4.60. The van der Waals surface area contributed by atoms with E-state index in [9.17, 15) is 31.2 Å². The number of aromatic nitrogens is 2. The second-order valence-electron chi connectivity index (χ2n) is 13.8. The first-order valence-corrected chi connectivity index (χ1v) is 20.4. The number of alkyl halides is 3. The SMILES string of the molecule is CS(=O)(=O)N1CCc2c(c(-c3ccc(C(F)(F)F)c(SCC(=O)N4CCCCCC4)c3)nn2CCCN2CCC(N3CCCC3=O)CC2)C1. The maximum absolute atomic E-state index is 14.2. The normalized spacial score (nSPS) is 20.5. The third kappa shape index (κ3) is 8.65. The summed E-state index contributed by atoms with van der Waals surface area (Å²) in [6, 6.07) is 4.25. The lowest BCUT2D eigenvalue weighted by Crippen LogP contribution is -2.45. The number of nitrogens with zero attached hydrogens (tertiary/aromatic N) is 6. The largest absolute Gasteiger partial charge is 0.417 e. The Morgan fingerprint density at radius 1 is 0.959 bits per heavy atom. The molecule has 1 aromatic carbocycles. The van der Waals surface area contributed by atoms with E-state index in [1.165, 1.54) is 22.7 Å². The van der Waals surface area contributed by atoms with E-state index in [-0.39, 0.29) is 29.0 Å². The van der Waals surface area contributed by atoms with Crippen LogP contribution in [0.2, 0.25) is 0 Å². The molecule has 6 rings (SSSR count). The highest BCUT2D eigenvalue weighted by atomic mass is 32.2. The Morgan fingerprint density at radius 3 is 2.35 bits per heavy atom. The fourth-order valence-corrected chi connectivity index (χ4v) is 9.49. The van der Waals surface area contributed by atoms with E-state index < -0.39 is 21.8 Å². The lowest BCUT2D eigenvalue weighted by atomic mass is 10.0. The van der Waals surface area contributed by atoms with Crippen LogP contribution in [0.5, 0.6) is 0 Å². The summed E-state index contributed by atoms with van der Waals surface area (Å²) in [6.45, 7) is 5.83. The molecule has 0 spiro atoms. The van der Waals surface area contributed by atoms with Crippen molar-refractivity contribution in [2.24, 2.45) is 0 Å². The first kappa shape index (κ1) is 36.2. The smallest absolute Gasteiger partial charge is 0.342 e. The first-order chi connectivity index (χ1) is 23.4. The van der Waals surface area contributed by atoms with Crippen molar-refractivity contribution in [3.63, 3.8) is 0 Å². The molecule has 2 aromatic rings. The van der Waals surface area contributed by atoms with Crippen LogP contribution in [0.25, 0.3) is 11.3 Å². The number of sulfonamides is 1. The summed E-state index contributed by atoms with van der Waals surface area (Å²) in [5.74, 6) is 0.0175. The summed E-state index contributed by atoms with van der Waals surface area (Å²) in [5, 5.41) is 4.91. The van der Waals surface area contributed by atoms with Crippen LogP contribution in [0.3, 0.4) is 0 Å². The maximum atomic E-state index is 14.2. The Kier molecular flexibility index (Phi) is 11.3. The Balaban J connectivity index is 1.20. The van der Waals surface area contributed by atoms with E-state index in [1.54, 1.807) is 4.90 Å². The number of hydrogen-bond acceptors (Lipinski definition) is 7. The van der Waals surface area contributed by atoms with Gasteiger partial charge in [0.05, 0.1) is 23.3 Å². The summed E-state index contributed by atoms with van der Waals surface area (Å²) >= 11 is 0.899. The highest BCUT2D eigenvalue weighted by Crippen LogP contribution is 2.40. The molecule has 0 saturated carbocycles. The maximum Gasteiger partial charge on any atom is 0.417 e. The predicted molar refractivity (Wildman–Crippen MR) is 182 cm³/mol. The molecule has 4 aliphatic rings. The van der Waals surface area contributed by atoms with Gasteiger partial charge in [-0.25, -0.2) is 8.42 Å². The van der Waals surface area contributed by atoms with Gasteiger partial charge in [0.2, 0.25) is 21.8 Å². The molecule has 3 fully saturated rings. The molecule has 49 heavy (non-hydrogen) atoms. The monoisotopic (exact) mass is 724 g/mol. The van der Waals surface area contributed by atoms with Crippen molar-refractivity contribution in [3.05, 3.63) is 35.0 Å². The van der Waals surface area contributed by atoms with E-state index in [2.05, 4.69) is 4.90 Å². The molecule has 0 radical (unpaired) electrons. The van der Waals surface area contributed by atoms with Crippen molar-refractivity contribution in [3.8, 4) is 11.3 Å². The van der Waals surface area contributed by atoms with Crippen molar-refractivity contribution in [2.75, 3.05) is 57.8 Å². The predicted octanol–water partition coefficient (Wildman–Crippen LogP) is 4.86. The number of aryl methyl sites for hydroxylation is 1. The highest BCUT2D eigenvalue weighted by Gasteiger charge is 2.36. The third-order valence-electron chi connectivity index (χ3n) is 10.4. The molecule has 15 heteroatoms. The average molecular weight is 725 g/mol. The van der Waals surface area contributed by atoms with Crippen LogP contribution in [0.15, 0.2) is 23.1 Å². The Labute approximate surface area is 291 Å². The number of carbonyl (C=O) groups is 2. The minimum Gasteiger partial charge on any atom is -0.342 e. The zero-order valence-electron chi connectivity index (χ0n) is 28.2. The van der Waals surface area contributed by atoms with Crippen LogP contribution in [-0.2, 0) is 45.3 Å². The van der Waals surface area contributed by atoms with Gasteiger partial charge in [-0.1, -0.05) is 18.9 Å². The van der Waals surface area contributed by atoms with E-state index in [0.717, 1.165) is 101 Å². The van der Waals surface area contributed by atoms with Gasteiger partial charge in [-0.05, 0) is 57.2 Å². The summed E-state index contributed by atoms with van der Waals surface area (Å²) in [6.07, 6.45) is 5.26. The fourth-order valence-electron chi connectivity index (χ4n) is 7.69. The molecule has 2 amide bonds. The Hall–Kier alpha value is -2.62. The number of hydrogen-bond donors (Lipinski definition) is 0. The molecule has 0 N–H and O–H groups in total. The number of carbonyl (C=O) groups excluding carboxylic acids is 2. The number of piperidine rings is 1. The summed E-state index contributed by atoms with van der Waals surface area (Å²) in [5.41, 5.74) is 1.78. The highest BCUT2D eigenvalue weighted by molar-refractivity contribution is 8.00. The lowest BCUT2D eigenvalue weighted by Gasteiger charge is -2.36. The molecule has 5 heterocycles. The van der Waals surface area contributed by atoms with Crippen LogP contribution in [0, 0.1) is 0 Å². The van der Waals surface area contributed by atoms with Crippen molar-refractivity contribution in [1.82, 2.24) is 28.8 Å². The molecule has 0 bridgehead atoms. The number of thioether (sulfide) groups is 1. The zero-order valence-corrected chi connectivity index (χ0v) is 29.9. The second-order valence-corrected chi connectivity index (χ2v) is 16.8. The van der Waals surface area contributed by atoms with Crippen molar-refractivity contribution in [1.29, 1.82) is 0 Å². The van der Waals surface area contributed by atoms with Gasteiger partial charge in [0.25, 0.3) is 0 Å². The van der Waals surface area contributed by atoms with Crippen LogP contribution >= 0.6 is 11.8 Å². The van der Waals surface area contributed by atoms with E-state index in [4.69, 9.17) is 5.10 Å². The van der Waals surface area contributed by atoms with Gasteiger partial charge in [0.1, 0.15) is 0 Å². The van der Waals surface area contributed by atoms with Crippen LogP contribution in [-0.4, -0.2) is 113 Å².